The van der Waals surface area contributed by atoms with E-state index in [1.807, 2.05) is 6.07 Å². The molecule has 0 aliphatic carbocycles. The van der Waals surface area contributed by atoms with Crippen molar-refractivity contribution < 1.29 is 19.1 Å². The quantitative estimate of drug-likeness (QED) is 0.781. The van der Waals surface area contributed by atoms with Crippen molar-refractivity contribution in [2.75, 3.05) is 19.0 Å². The number of nitrogens with zero attached hydrogens (tertiary/aromatic N) is 1. The van der Waals surface area contributed by atoms with E-state index in [4.69, 9.17) is 9.47 Å². The first-order valence-corrected chi connectivity index (χ1v) is 7.05. The Bertz CT molecular complexity index is 581. The van der Waals surface area contributed by atoms with Crippen LogP contribution in [0.4, 0.5) is 15.3 Å². The minimum absolute atomic E-state index is 0.520. The van der Waals surface area contributed by atoms with E-state index in [2.05, 4.69) is 10.7 Å². The highest BCUT2D eigenvalue weighted by Crippen LogP contribution is 2.31. The molecule has 1 aliphatic rings. The molecule has 1 aliphatic heterocycles. The molecule has 0 atom stereocenters. The fraction of sp³-hybridized carbons (Fsp3) is 0.467. The van der Waals surface area contributed by atoms with Gasteiger partial charge in [0.2, 0.25) is 0 Å². The molecule has 1 heterocycles. The normalized spacial score (nSPS) is 12.9. The van der Waals surface area contributed by atoms with Crippen LogP contribution >= 0.6 is 0 Å². The van der Waals surface area contributed by atoms with E-state index in [0.29, 0.717) is 12.3 Å². The zero-order chi connectivity index (χ0) is 16.3. The number of carbonyl (C=O) groups excluding carboxylic acids is 2. The second kappa shape index (κ2) is 6.13. The third kappa shape index (κ3) is 4.03. The lowest BCUT2D eigenvalue weighted by Gasteiger charge is -2.24. The third-order valence-corrected chi connectivity index (χ3v) is 2.93. The van der Waals surface area contributed by atoms with Crippen LogP contribution in [0.1, 0.15) is 26.3 Å². The van der Waals surface area contributed by atoms with Crippen molar-refractivity contribution in [1.82, 2.24) is 10.4 Å². The summed E-state index contributed by atoms with van der Waals surface area (Å²) in [4.78, 5) is 23.8. The van der Waals surface area contributed by atoms with Gasteiger partial charge in [0, 0.05) is 24.7 Å². The summed E-state index contributed by atoms with van der Waals surface area (Å²) >= 11 is 0. The molecule has 2 rings (SSSR count). The molecular weight excluding hydrogens is 286 g/mol. The van der Waals surface area contributed by atoms with Gasteiger partial charge in [0.05, 0.1) is 6.61 Å². The maximum absolute atomic E-state index is 12.0. The Morgan fingerprint density at radius 3 is 2.73 bits per heavy atom. The average Bonchev–Trinajstić information content (AvgIpc) is 2.85. The largest absolute Gasteiger partial charge is 0.493 e. The molecule has 120 valence electrons. The number of ether oxygens (including phenoxy) is 2. The molecule has 0 saturated heterocycles. The number of hydrogen-bond acceptors (Lipinski definition) is 4. The highest BCUT2D eigenvalue weighted by molar-refractivity contribution is 5.91. The van der Waals surface area contributed by atoms with Crippen LogP contribution in [-0.4, -0.2) is 36.4 Å². The van der Waals surface area contributed by atoms with E-state index in [0.717, 1.165) is 22.7 Å². The fourth-order valence-corrected chi connectivity index (χ4v) is 2.02. The number of hydrogen-bond donors (Lipinski definition) is 2. The van der Waals surface area contributed by atoms with Gasteiger partial charge < -0.3 is 14.8 Å². The van der Waals surface area contributed by atoms with Gasteiger partial charge in [-0.3, -0.25) is 0 Å². The molecule has 0 radical (unpaired) electrons. The lowest BCUT2D eigenvalue weighted by atomic mass is 10.1. The smallest absolute Gasteiger partial charge is 0.428 e. The Labute approximate surface area is 129 Å². The topological polar surface area (TPSA) is 79.9 Å². The van der Waals surface area contributed by atoms with Gasteiger partial charge in [0.1, 0.15) is 11.4 Å². The average molecular weight is 307 g/mol. The van der Waals surface area contributed by atoms with Crippen LogP contribution in [0.3, 0.4) is 0 Å². The summed E-state index contributed by atoms with van der Waals surface area (Å²) in [6.07, 6.45) is 0.109. The van der Waals surface area contributed by atoms with Crippen molar-refractivity contribution in [3.8, 4) is 5.75 Å². The highest BCUT2D eigenvalue weighted by Gasteiger charge is 2.22. The number of benzene rings is 1. The lowest BCUT2D eigenvalue weighted by Crippen LogP contribution is -2.47. The van der Waals surface area contributed by atoms with Crippen LogP contribution in [0, 0.1) is 0 Å². The van der Waals surface area contributed by atoms with Crippen molar-refractivity contribution in [2.45, 2.75) is 32.8 Å². The van der Waals surface area contributed by atoms with Crippen LogP contribution < -0.4 is 15.5 Å². The van der Waals surface area contributed by atoms with Crippen molar-refractivity contribution >= 4 is 17.8 Å². The number of nitrogens with one attached hydrogen (secondary N) is 2. The molecule has 3 amide bonds. The fourth-order valence-electron chi connectivity index (χ4n) is 2.02. The molecule has 7 heteroatoms. The highest BCUT2D eigenvalue weighted by atomic mass is 16.6. The van der Waals surface area contributed by atoms with Crippen molar-refractivity contribution in [3.63, 3.8) is 0 Å². The number of anilines is 1. The second-order valence-corrected chi connectivity index (χ2v) is 5.99. The number of amides is 3. The number of carbonyl (C=O) groups is 2. The van der Waals surface area contributed by atoms with Crippen molar-refractivity contribution in [2.24, 2.45) is 0 Å². The summed E-state index contributed by atoms with van der Waals surface area (Å²) in [5.41, 5.74) is 3.41. The predicted octanol–water partition coefficient (Wildman–Crippen LogP) is 2.52. The molecule has 7 nitrogen and oxygen atoms in total. The molecule has 0 fully saturated rings. The lowest BCUT2D eigenvalue weighted by molar-refractivity contribution is 0.0234. The van der Waals surface area contributed by atoms with Crippen LogP contribution in [-0.2, 0) is 11.2 Å². The maximum Gasteiger partial charge on any atom is 0.428 e. The van der Waals surface area contributed by atoms with Crippen LogP contribution in [0.2, 0.25) is 0 Å². The summed E-state index contributed by atoms with van der Waals surface area (Å²) in [6, 6.07) is 4.93. The summed E-state index contributed by atoms with van der Waals surface area (Å²) in [5.74, 6) is 0.776. The Morgan fingerprint density at radius 2 is 2.05 bits per heavy atom. The van der Waals surface area contributed by atoms with Gasteiger partial charge in [0.25, 0.3) is 0 Å². The molecular formula is C15H21N3O4. The van der Waals surface area contributed by atoms with E-state index in [-0.39, 0.29) is 0 Å². The minimum atomic E-state index is -0.635. The Kier molecular flexibility index (Phi) is 4.44. The molecule has 1 aromatic carbocycles. The minimum Gasteiger partial charge on any atom is -0.493 e. The Morgan fingerprint density at radius 1 is 1.32 bits per heavy atom. The first kappa shape index (κ1) is 15.9. The monoisotopic (exact) mass is 307 g/mol. The van der Waals surface area contributed by atoms with Gasteiger partial charge in [-0.25, -0.2) is 20.0 Å². The zero-order valence-electron chi connectivity index (χ0n) is 13.2. The van der Waals surface area contributed by atoms with Gasteiger partial charge in [-0.2, -0.15) is 0 Å². The summed E-state index contributed by atoms with van der Waals surface area (Å²) in [7, 11) is 1.42. The van der Waals surface area contributed by atoms with E-state index in [1.54, 1.807) is 32.9 Å². The van der Waals surface area contributed by atoms with Crippen LogP contribution in [0.5, 0.6) is 5.75 Å². The SMILES string of the molecule is CN(NC(=O)Nc1cccc2c1CCO2)C(=O)OC(C)(C)C. The standard InChI is InChI=1S/C15H21N3O4/c1-15(2,3)22-14(20)18(4)17-13(19)16-11-6-5-7-12-10(11)8-9-21-12/h5-7H,8-9H2,1-4H3,(H2,16,17,19). The van der Waals surface area contributed by atoms with Crippen molar-refractivity contribution in [3.05, 3.63) is 23.8 Å². The molecule has 22 heavy (non-hydrogen) atoms. The number of rotatable bonds is 1. The molecule has 0 saturated carbocycles. The molecule has 1 aromatic rings. The number of fused-ring (bicyclic) bond motifs is 1. The third-order valence-electron chi connectivity index (χ3n) is 2.93. The first-order chi connectivity index (χ1) is 10.3. The summed E-state index contributed by atoms with van der Waals surface area (Å²) in [6.45, 7) is 5.87. The Balaban J connectivity index is 1.93. The van der Waals surface area contributed by atoms with E-state index >= 15 is 0 Å². The van der Waals surface area contributed by atoms with E-state index in [1.165, 1.54) is 7.05 Å². The number of hydrazine groups is 1. The van der Waals surface area contributed by atoms with Crippen LogP contribution in [0.15, 0.2) is 18.2 Å². The molecule has 0 bridgehead atoms. The Hall–Kier alpha value is -2.44. The molecule has 2 N–H and O–H groups in total. The van der Waals surface area contributed by atoms with Gasteiger partial charge in [-0.1, -0.05) is 6.07 Å². The number of urea groups is 1. The van der Waals surface area contributed by atoms with E-state index < -0.39 is 17.7 Å². The summed E-state index contributed by atoms with van der Waals surface area (Å²) in [5, 5.41) is 3.71. The van der Waals surface area contributed by atoms with Gasteiger partial charge in [-0.15, -0.1) is 0 Å². The van der Waals surface area contributed by atoms with Crippen molar-refractivity contribution in [1.29, 1.82) is 0 Å². The predicted molar refractivity (Wildman–Crippen MR) is 81.8 cm³/mol. The molecule has 0 aromatic heterocycles. The molecule has 0 spiro atoms. The van der Waals surface area contributed by atoms with Gasteiger partial charge in [0.15, 0.2) is 0 Å². The second-order valence-electron chi connectivity index (χ2n) is 5.99. The molecule has 0 unspecified atom stereocenters. The maximum atomic E-state index is 12.0. The first-order valence-electron chi connectivity index (χ1n) is 7.05. The van der Waals surface area contributed by atoms with Gasteiger partial charge in [-0.05, 0) is 32.9 Å². The summed E-state index contributed by atoms with van der Waals surface area (Å²) < 4.78 is 10.6. The van der Waals surface area contributed by atoms with Crippen LogP contribution in [0.25, 0.3) is 0 Å². The zero-order valence-corrected chi connectivity index (χ0v) is 13.2. The van der Waals surface area contributed by atoms with E-state index in [9.17, 15) is 9.59 Å². The van der Waals surface area contributed by atoms with Gasteiger partial charge >= 0.3 is 12.1 Å².